The van der Waals surface area contributed by atoms with Crippen molar-refractivity contribution >= 4 is 11.7 Å². The van der Waals surface area contributed by atoms with Gasteiger partial charge in [0.2, 0.25) is 5.91 Å². The Labute approximate surface area is 97.5 Å². The Kier molecular flexibility index (Phi) is 4.47. The Hall–Kier alpha value is -0.900. The molecule has 0 radical (unpaired) electrons. The lowest BCUT2D eigenvalue weighted by Crippen LogP contribution is -2.47. The molecule has 0 aromatic carbocycles. The summed E-state index contributed by atoms with van der Waals surface area (Å²) >= 11 is 0. The normalized spacial score (nSPS) is 20.9. The van der Waals surface area contributed by atoms with Gasteiger partial charge < -0.3 is 10.1 Å². The molecule has 16 heavy (non-hydrogen) atoms. The molecule has 0 spiro atoms. The number of carbonyl (C=O) groups excluding carboxylic acids is 1. The Morgan fingerprint density at radius 2 is 2.00 bits per heavy atom. The number of aliphatic imine (C=N–C) groups is 1. The van der Waals surface area contributed by atoms with E-state index in [-0.39, 0.29) is 11.9 Å². The fourth-order valence-corrected chi connectivity index (χ4v) is 2.12. The van der Waals surface area contributed by atoms with Crippen molar-refractivity contribution in [2.24, 2.45) is 4.99 Å². The Bertz CT molecular complexity index is 274. The first-order valence-corrected chi connectivity index (χ1v) is 6.07. The molecule has 1 unspecified atom stereocenters. The van der Waals surface area contributed by atoms with E-state index in [1.807, 2.05) is 0 Å². The minimum atomic E-state index is -0.419. The van der Waals surface area contributed by atoms with E-state index in [9.17, 15) is 4.79 Å². The molecule has 0 saturated carbocycles. The number of hydrogen-bond donors (Lipinski definition) is 1. The average Bonchev–Trinajstić information content (AvgIpc) is 2.65. The van der Waals surface area contributed by atoms with Crippen LogP contribution in [0.25, 0.3) is 0 Å². The Morgan fingerprint density at radius 1 is 1.38 bits per heavy atom. The molecule has 1 aliphatic heterocycles. The molecule has 1 atom stereocenters. The third-order valence-corrected chi connectivity index (χ3v) is 3.36. The van der Waals surface area contributed by atoms with Crippen LogP contribution in [0.5, 0.6) is 0 Å². The second-order valence-electron chi connectivity index (χ2n) is 4.18. The first-order chi connectivity index (χ1) is 7.63. The molecule has 0 aliphatic carbocycles. The highest BCUT2D eigenvalue weighted by Gasteiger charge is 2.39. The molecular weight excluding hydrogens is 204 g/mol. The number of amidine groups is 1. The van der Waals surface area contributed by atoms with Crippen molar-refractivity contribution in [2.45, 2.75) is 58.1 Å². The van der Waals surface area contributed by atoms with Crippen molar-refractivity contribution in [3.63, 3.8) is 0 Å². The monoisotopic (exact) mass is 226 g/mol. The molecular formula is C12H22N2O2. The maximum atomic E-state index is 11.7. The van der Waals surface area contributed by atoms with Crippen LogP contribution >= 0.6 is 0 Å². The van der Waals surface area contributed by atoms with Gasteiger partial charge in [0, 0.05) is 7.11 Å². The van der Waals surface area contributed by atoms with E-state index < -0.39 is 5.60 Å². The van der Waals surface area contributed by atoms with Crippen molar-refractivity contribution in [2.75, 3.05) is 7.11 Å². The number of nitrogens with zero attached hydrogens (tertiary/aromatic N) is 1. The van der Waals surface area contributed by atoms with Gasteiger partial charge in [0.15, 0.2) is 0 Å². The summed E-state index contributed by atoms with van der Waals surface area (Å²) in [4.78, 5) is 16.2. The lowest BCUT2D eigenvalue weighted by atomic mass is 9.95. The lowest BCUT2D eigenvalue weighted by Gasteiger charge is -2.29. The van der Waals surface area contributed by atoms with Gasteiger partial charge in [0.1, 0.15) is 17.5 Å². The molecule has 0 fully saturated rings. The van der Waals surface area contributed by atoms with Crippen LogP contribution in [0.4, 0.5) is 0 Å². The van der Waals surface area contributed by atoms with E-state index in [4.69, 9.17) is 4.74 Å². The number of amides is 1. The molecule has 0 saturated heterocycles. The zero-order chi connectivity index (χ0) is 12.2. The van der Waals surface area contributed by atoms with Crippen LogP contribution in [0.1, 0.15) is 46.5 Å². The molecule has 1 N–H and O–H groups in total. The van der Waals surface area contributed by atoms with Gasteiger partial charge in [-0.1, -0.05) is 27.2 Å². The van der Waals surface area contributed by atoms with Crippen molar-refractivity contribution in [1.82, 2.24) is 5.32 Å². The zero-order valence-electron chi connectivity index (χ0n) is 10.7. The standard InChI is InChI=1S/C12H22N2O2/c1-5-8-9-10(15)14-11(13-9)12(6-2,7-3)16-4/h9H,5-8H2,1-4H3,(H,13,14,15). The minimum Gasteiger partial charge on any atom is -0.370 e. The van der Waals surface area contributed by atoms with Gasteiger partial charge in [-0.3, -0.25) is 9.79 Å². The SMILES string of the molecule is CCCC1N=C(C(CC)(CC)OC)NC1=O. The highest BCUT2D eigenvalue weighted by atomic mass is 16.5. The van der Waals surface area contributed by atoms with Crippen LogP contribution in [0, 0.1) is 0 Å². The van der Waals surface area contributed by atoms with E-state index in [0.29, 0.717) is 5.84 Å². The first kappa shape index (κ1) is 13.2. The van der Waals surface area contributed by atoms with Crippen LogP contribution in [0.15, 0.2) is 4.99 Å². The number of ether oxygens (including phenoxy) is 1. The third-order valence-electron chi connectivity index (χ3n) is 3.36. The molecule has 4 heteroatoms. The predicted molar refractivity (Wildman–Crippen MR) is 64.6 cm³/mol. The maximum Gasteiger partial charge on any atom is 0.250 e. The Balaban J connectivity index is 2.88. The average molecular weight is 226 g/mol. The number of hydrogen-bond acceptors (Lipinski definition) is 3. The molecule has 4 nitrogen and oxygen atoms in total. The van der Waals surface area contributed by atoms with E-state index in [1.165, 1.54) is 0 Å². The fraction of sp³-hybridized carbons (Fsp3) is 0.833. The summed E-state index contributed by atoms with van der Waals surface area (Å²) in [5.74, 6) is 0.726. The molecule has 1 rings (SSSR count). The van der Waals surface area contributed by atoms with Gasteiger partial charge in [0.25, 0.3) is 0 Å². The van der Waals surface area contributed by atoms with Crippen LogP contribution in [0.2, 0.25) is 0 Å². The maximum absolute atomic E-state index is 11.7. The highest BCUT2D eigenvalue weighted by Crippen LogP contribution is 2.24. The summed E-state index contributed by atoms with van der Waals surface area (Å²) < 4.78 is 5.55. The summed E-state index contributed by atoms with van der Waals surface area (Å²) in [7, 11) is 1.68. The summed E-state index contributed by atoms with van der Waals surface area (Å²) in [6.07, 6.45) is 3.41. The molecule has 1 heterocycles. The summed E-state index contributed by atoms with van der Waals surface area (Å²) in [5.41, 5.74) is -0.419. The summed E-state index contributed by atoms with van der Waals surface area (Å²) in [5, 5.41) is 2.87. The number of rotatable bonds is 6. The number of nitrogens with one attached hydrogen (secondary N) is 1. The first-order valence-electron chi connectivity index (χ1n) is 6.07. The Morgan fingerprint density at radius 3 is 2.44 bits per heavy atom. The second kappa shape index (κ2) is 5.43. The van der Waals surface area contributed by atoms with Gasteiger partial charge in [-0.2, -0.15) is 0 Å². The largest absolute Gasteiger partial charge is 0.370 e. The van der Waals surface area contributed by atoms with Crippen molar-refractivity contribution < 1.29 is 9.53 Å². The minimum absolute atomic E-state index is 0.0141. The van der Waals surface area contributed by atoms with E-state index in [2.05, 4.69) is 31.1 Å². The van der Waals surface area contributed by atoms with Crippen molar-refractivity contribution in [3.8, 4) is 0 Å². The number of carbonyl (C=O) groups is 1. The van der Waals surface area contributed by atoms with E-state index in [0.717, 1.165) is 25.7 Å². The zero-order valence-corrected chi connectivity index (χ0v) is 10.7. The van der Waals surface area contributed by atoms with Crippen LogP contribution in [-0.2, 0) is 9.53 Å². The van der Waals surface area contributed by atoms with Gasteiger partial charge in [0.05, 0.1) is 0 Å². The third kappa shape index (κ3) is 2.26. The molecule has 1 amide bonds. The molecule has 0 aromatic heterocycles. The van der Waals surface area contributed by atoms with Gasteiger partial charge in [-0.25, -0.2) is 0 Å². The van der Waals surface area contributed by atoms with Crippen LogP contribution < -0.4 is 5.32 Å². The molecule has 0 bridgehead atoms. The second-order valence-corrected chi connectivity index (χ2v) is 4.18. The van der Waals surface area contributed by atoms with Crippen LogP contribution in [-0.4, -0.2) is 30.5 Å². The van der Waals surface area contributed by atoms with Crippen molar-refractivity contribution in [1.29, 1.82) is 0 Å². The van der Waals surface area contributed by atoms with Gasteiger partial charge in [-0.15, -0.1) is 0 Å². The van der Waals surface area contributed by atoms with E-state index >= 15 is 0 Å². The van der Waals surface area contributed by atoms with Gasteiger partial charge in [-0.05, 0) is 19.3 Å². The lowest BCUT2D eigenvalue weighted by molar-refractivity contribution is -0.120. The number of methoxy groups -OCH3 is 1. The smallest absolute Gasteiger partial charge is 0.250 e. The van der Waals surface area contributed by atoms with E-state index in [1.54, 1.807) is 7.11 Å². The highest BCUT2D eigenvalue weighted by molar-refractivity contribution is 6.09. The predicted octanol–water partition coefficient (Wildman–Crippen LogP) is 1.89. The molecule has 1 aliphatic rings. The quantitative estimate of drug-likeness (QED) is 0.752. The molecule has 0 aromatic rings. The summed E-state index contributed by atoms with van der Waals surface area (Å²) in [6, 6.07) is -0.215. The van der Waals surface area contributed by atoms with Crippen LogP contribution in [0.3, 0.4) is 0 Å². The summed E-state index contributed by atoms with van der Waals surface area (Å²) in [6.45, 7) is 6.16. The van der Waals surface area contributed by atoms with Crippen molar-refractivity contribution in [3.05, 3.63) is 0 Å². The molecule has 92 valence electrons. The fourth-order valence-electron chi connectivity index (χ4n) is 2.12. The topological polar surface area (TPSA) is 50.7 Å². The van der Waals surface area contributed by atoms with Gasteiger partial charge >= 0.3 is 0 Å².